The van der Waals surface area contributed by atoms with Crippen LogP contribution in [0.15, 0.2) is 35.6 Å². The first kappa shape index (κ1) is 16.8. The number of hydrogen-bond donors (Lipinski definition) is 2. The summed E-state index contributed by atoms with van der Waals surface area (Å²) in [6.07, 6.45) is 14.5. The molecule has 140 valence electrons. The number of likely N-dealkylation sites (tertiary alicyclic amines) is 1. The van der Waals surface area contributed by atoms with Crippen molar-refractivity contribution in [2.24, 2.45) is 11.8 Å². The molecule has 1 aromatic rings. The molecule has 4 nitrogen and oxygen atoms in total. The highest BCUT2D eigenvalue weighted by Crippen LogP contribution is 2.59. The van der Waals surface area contributed by atoms with Gasteiger partial charge in [-0.2, -0.15) is 0 Å². The van der Waals surface area contributed by atoms with Crippen molar-refractivity contribution in [3.05, 3.63) is 46.7 Å². The molecule has 0 amide bonds. The van der Waals surface area contributed by atoms with E-state index in [1.54, 1.807) is 13.2 Å². The molecular formula is C23H25NO3. The number of allylic oxidation sites excluding steroid dienone is 3. The third-order valence-corrected chi connectivity index (χ3v) is 7.01. The number of aromatic hydroxyl groups is 2. The molecule has 4 aliphatic rings. The van der Waals surface area contributed by atoms with Gasteiger partial charge in [-0.3, -0.25) is 4.90 Å². The number of methoxy groups -OCH3 is 1. The van der Waals surface area contributed by atoms with Crippen molar-refractivity contribution in [1.29, 1.82) is 0 Å². The van der Waals surface area contributed by atoms with Gasteiger partial charge >= 0.3 is 0 Å². The zero-order valence-corrected chi connectivity index (χ0v) is 15.6. The monoisotopic (exact) mass is 363 g/mol. The van der Waals surface area contributed by atoms with E-state index >= 15 is 0 Å². The number of fused-ring (bicyclic) bond motifs is 1. The van der Waals surface area contributed by atoms with Crippen LogP contribution in [-0.2, 0) is 16.6 Å². The summed E-state index contributed by atoms with van der Waals surface area (Å²) in [4.78, 5) is 2.60. The molecule has 1 saturated heterocycles. The van der Waals surface area contributed by atoms with Crippen molar-refractivity contribution in [2.45, 2.75) is 37.1 Å². The third-order valence-electron chi connectivity index (χ3n) is 7.01. The molecule has 3 aliphatic carbocycles. The highest BCUT2D eigenvalue weighted by atomic mass is 16.5. The van der Waals surface area contributed by atoms with Gasteiger partial charge in [-0.25, -0.2) is 0 Å². The van der Waals surface area contributed by atoms with E-state index in [2.05, 4.69) is 16.9 Å². The van der Waals surface area contributed by atoms with Gasteiger partial charge in [0.2, 0.25) is 0 Å². The molecule has 3 atom stereocenters. The molecule has 0 radical (unpaired) electrons. The summed E-state index contributed by atoms with van der Waals surface area (Å²) in [7, 11) is 1.65. The highest BCUT2D eigenvalue weighted by Gasteiger charge is 2.57. The zero-order valence-electron chi connectivity index (χ0n) is 15.6. The fourth-order valence-corrected chi connectivity index (χ4v) is 5.61. The lowest BCUT2D eigenvalue weighted by Crippen LogP contribution is -2.59. The second-order valence-corrected chi connectivity index (χ2v) is 8.34. The lowest BCUT2D eigenvalue weighted by molar-refractivity contribution is 0.102. The van der Waals surface area contributed by atoms with Crippen molar-refractivity contribution in [3.63, 3.8) is 0 Å². The molecule has 5 rings (SSSR count). The SMILES string of the molecule is C#CC1C(OC)=CC=C2[C@H]3Cc4ccc(O)c(O)c4[C@]21CCN3CC1CC1. The van der Waals surface area contributed by atoms with E-state index in [0.29, 0.717) is 6.04 Å². The van der Waals surface area contributed by atoms with Crippen LogP contribution in [-0.4, -0.2) is 41.4 Å². The highest BCUT2D eigenvalue weighted by molar-refractivity contribution is 5.64. The Kier molecular flexibility index (Phi) is 3.61. The number of nitrogens with zero attached hydrogens (tertiary/aromatic N) is 1. The minimum Gasteiger partial charge on any atom is -0.504 e. The first-order valence-corrected chi connectivity index (χ1v) is 9.81. The van der Waals surface area contributed by atoms with Crippen LogP contribution in [0.5, 0.6) is 11.5 Å². The first-order chi connectivity index (χ1) is 13.1. The van der Waals surface area contributed by atoms with Crippen LogP contribution in [0.25, 0.3) is 0 Å². The van der Waals surface area contributed by atoms with E-state index in [4.69, 9.17) is 11.2 Å². The van der Waals surface area contributed by atoms with Crippen LogP contribution in [0.4, 0.5) is 0 Å². The summed E-state index contributed by atoms with van der Waals surface area (Å²) in [5.41, 5.74) is 2.66. The number of piperidine rings is 1. The Hall–Kier alpha value is -2.38. The normalized spacial score (nSPS) is 31.9. The van der Waals surface area contributed by atoms with E-state index in [1.165, 1.54) is 18.4 Å². The average Bonchev–Trinajstić information content (AvgIpc) is 3.49. The fraction of sp³-hybridized carbons (Fsp3) is 0.478. The van der Waals surface area contributed by atoms with Gasteiger partial charge in [0.25, 0.3) is 0 Å². The van der Waals surface area contributed by atoms with Crippen LogP contribution in [0.1, 0.15) is 30.4 Å². The maximum Gasteiger partial charge on any atom is 0.161 e. The maximum atomic E-state index is 10.9. The lowest BCUT2D eigenvalue weighted by Gasteiger charge is -2.56. The van der Waals surface area contributed by atoms with Gasteiger partial charge in [0.15, 0.2) is 11.5 Å². The Morgan fingerprint density at radius 3 is 2.81 bits per heavy atom. The van der Waals surface area contributed by atoms with Gasteiger partial charge in [-0.1, -0.05) is 18.1 Å². The summed E-state index contributed by atoms with van der Waals surface area (Å²) >= 11 is 0. The summed E-state index contributed by atoms with van der Waals surface area (Å²) in [6, 6.07) is 3.84. The van der Waals surface area contributed by atoms with Crippen molar-refractivity contribution >= 4 is 0 Å². The molecule has 2 N–H and O–H groups in total. The number of terminal acetylenes is 1. The summed E-state index contributed by atoms with van der Waals surface area (Å²) in [6.45, 7) is 2.08. The quantitative estimate of drug-likeness (QED) is 0.640. The third kappa shape index (κ3) is 2.21. The molecule has 1 saturated carbocycles. The first-order valence-electron chi connectivity index (χ1n) is 9.81. The zero-order chi connectivity index (χ0) is 18.8. The van der Waals surface area contributed by atoms with Crippen LogP contribution in [0.2, 0.25) is 0 Å². The Morgan fingerprint density at radius 2 is 2.11 bits per heavy atom. The van der Waals surface area contributed by atoms with E-state index in [9.17, 15) is 10.2 Å². The van der Waals surface area contributed by atoms with Gasteiger partial charge < -0.3 is 14.9 Å². The van der Waals surface area contributed by atoms with Gasteiger partial charge in [0, 0.05) is 23.6 Å². The molecule has 1 unspecified atom stereocenters. The van der Waals surface area contributed by atoms with E-state index in [1.807, 2.05) is 12.1 Å². The second-order valence-electron chi connectivity index (χ2n) is 8.34. The lowest BCUT2D eigenvalue weighted by atomic mass is 9.53. The summed E-state index contributed by atoms with van der Waals surface area (Å²) in [5, 5.41) is 21.1. The molecule has 1 aromatic carbocycles. The minimum absolute atomic E-state index is 0.0231. The summed E-state index contributed by atoms with van der Waals surface area (Å²) < 4.78 is 5.63. The Labute approximate surface area is 160 Å². The molecule has 2 fully saturated rings. The summed E-state index contributed by atoms with van der Waals surface area (Å²) in [5.74, 6) is 4.16. The number of phenolic OH excluding ortho intramolecular Hbond substituents is 2. The van der Waals surface area contributed by atoms with Gasteiger partial charge in [0.1, 0.15) is 5.76 Å². The van der Waals surface area contributed by atoms with Crippen LogP contribution >= 0.6 is 0 Å². The Morgan fingerprint density at radius 1 is 1.30 bits per heavy atom. The second kappa shape index (κ2) is 5.81. The van der Waals surface area contributed by atoms with E-state index in [-0.39, 0.29) is 17.4 Å². The number of ether oxygens (including phenoxy) is 1. The van der Waals surface area contributed by atoms with Crippen LogP contribution in [0.3, 0.4) is 0 Å². The number of hydrogen-bond acceptors (Lipinski definition) is 4. The molecule has 1 heterocycles. The van der Waals surface area contributed by atoms with Crippen molar-refractivity contribution < 1.29 is 14.9 Å². The van der Waals surface area contributed by atoms with Crippen molar-refractivity contribution in [2.75, 3.05) is 20.2 Å². The molecule has 1 aliphatic heterocycles. The molecule has 4 heteroatoms. The molecule has 2 bridgehead atoms. The number of rotatable bonds is 3. The average molecular weight is 363 g/mol. The fourth-order valence-electron chi connectivity index (χ4n) is 5.61. The Balaban J connectivity index is 1.73. The van der Waals surface area contributed by atoms with Crippen molar-refractivity contribution in [1.82, 2.24) is 4.90 Å². The van der Waals surface area contributed by atoms with Crippen molar-refractivity contribution in [3.8, 4) is 23.8 Å². The molecular weight excluding hydrogens is 338 g/mol. The predicted molar refractivity (Wildman–Crippen MR) is 103 cm³/mol. The van der Waals surface area contributed by atoms with E-state index < -0.39 is 5.41 Å². The van der Waals surface area contributed by atoms with Gasteiger partial charge in [-0.15, -0.1) is 6.42 Å². The standard InChI is InChI=1S/C23H25NO3/c1-3-16-20(27-2)9-7-17-18-12-15-6-8-19(25)22(26)21(15)23(16,17)10-11-24(18)13-14-4-5-14/h1,6-9,14,16,18,25-26H,4-5,10-13H2,2H3/t16?,18-,23+/m1/s1. The van der Waals surface area contributed by atoms with Crippen LogP contribution < -0.4 is 0 Å². The number of benzene rings is 1. The Bertz CT molecular complexity index is 905. The molecule has 27 heavy (non-hydrogen) atoms. The molecule has 0 spiro atoms. The van der Waals surface area contributed by atoms with E-state index in [0.717, 1.165) is 48.7 Å². The van der Waals surface area contributed by atoms with Crippen LogP contribution in [0, 0.1) is 24.2 Å². The smallest absolute Gasteiger partial charge is 0.161 e. The predicted octanol–water partition coefficient (Wildman–Crippen LogP) is 3.10. The topological polar surface area (TPSA) is 52.9 Å². The molecule has 0 aromatic heterocycles. The van der Waals surface area contributed by atoms with Gasteiger partial charge in [-0.05, 0) is 61.4 Å². The number of phenols is 2. The largest absolute Gasteiger partial charge is 0.504 e. The van der Waals surface area contributed by atoms with Gasteiger partial charge in [0.05, 0.1) is 13.0 Å². The maximum absolute atomic E-state index is 10.9. The minimum atomic E-state index is -0.504.